The van der Waals surface area contributed by atoms with Gasteiger partial charge in [-0.25, -0.2) is 4.98 Å². The van der Waals surface area contributed by atoms with E-state index in [2.05, 4.69) is 15.3 Å². The van der Waals surface area contributed by atoms with Gasteiger partial charge in [-0.15, -0.1) is 0 Å². The summed E-state index contributed by atoms with van der Waals surface area (Å²) >= 11 is 0. The van der Waals surface area contributed by atoms with E-state index in [4.69, 9.17) is 4.74 Å². The minimum atomic E-state index is -0.506. The van der Waals surface area contributed by atoms with Crippen LogP contribution in [0.3, 0.4) is 0 Å². The lowest BCUT2D eigenvalue weighted by atomic mass is 10.2. The van der Waals surface area contributed by atoms with Crippen molar-refractivity contribution in [3.63, 3.8) is 0 Å². The highest BCUT2D eigenvalue weighted by atomic mass is 16.5. The van der Waals surface area contributed by atoms with E-state index in [1.54, 1.807) is 11.8 Å². The summed E-state index contributed by atoms with van der Waals surface area (Å²) in [4.78, 5) is 36.1. The van der Waals surface area contributed by atoms with Gasteiger partial charge < -0.3 is 19.9 Å². The van der Waals surface area contributed by atoms with Crippen molar-refractivity contribution in [3.8, 4) is 5.88 Å². The number of piperazine rings is 1. The largest absolute Gasteiger partial charge is 0.478 e. The maximum atomic E-state index is 12.3. The van der Waals surface area contributed by atoms with Crippen LogP contribution >= 0.6 is 0 Å². The van der Waals surface area contributed by atoms with Crippen molar-refractivity contribution in [2.75, 3.05) is 37.7 Å². The molecule has 0 spiro atoms. The second kappa shape index (κ2) is 7.94. The lowest BCUT2D eigenvalue weighted by molar-refractivity contribution is -0.135. The molecule has 2 heterocycles. The van der Waals surface area contributed by atoms with Crippen LogP contribution in [0, 0.1) is 6.92 Å². The highest BCUT2D eigenvalue weighted by Crippen LogP contribution is 2.17. The molecular weight excluding hydrogens is 310 g/mol. The topological polar surface area (TPSA) is 87.7 Å². The zero-order valence-electron chi connectivity index (χ0n) is 14.7. The van der Waals surface area contributed by atoms with E-state index >= 15 is 0 Å². The standard InChI is InChI=1S/C16H25N5O3/c1-5-24-14-10-11(2)17-16(19-14)21-8-6-20(7-9-21)15(23)12(3)18-13(4)22/h10,12H,5-9H2,1-4H3,(H,18,22)/t12-/m1/s1. The summed E-state index contributed by atoms with van der Waals surface area (Å²) in [5, 5.41) is 2.63. The Balaban J connectivity index is 1.97. The number of carbonyl (C=O) groups is 2. The second-order valence-corrected chi connectivity index (χ2v) is 5.82. The van der Waals surface area contributed by atoms with Crippen LogP contribution in [0.2, 0.25) is 0 Å². The SMILES string of the molecule is CCOc1cc(C)nc(N2CCN(C(=O)[C@@H](C)NC(C)=O)CC2)n1. The number of ether oxygens (including phenoxy) is 1. The van der Waals surface area contributed by atoms with Crippen molar-refractivity contribution >= 4 is 17.8 Å². The third-order valence-electron chi connectivity index (χ3n) is 3.78. The molecule has 2 rings (SSSR count). The fourth-order valence-electron chi connectivity index (χ4n) is 2.66. The van der Waals surface area contributed by atoms with Gasteiger partial charge in [-0.3, -0.25) is 9.59 Å². The number of hydrogen-bond donors (Lipinski definition) is 1. The first-order chi connectivity index (χ1) is 11.4. The van der Waals surface area contributed by atoms with E-state index in [1.807, 2.05) is 24.8 Å². The Morgan fingerprint density at radius 1 is 1.29 bits per heavy atom. The molecule has 0 saturated carbocycles. The molecule has 1 saturated heterocycles. The maximum Gasteiger partial charge on any atom is 0.244 e. The first kappa shape index (κ1) is 18.0. The normalized spacial score (nSPS) is 15.8. The summed E-state index contributed by atoms with van der Waals surface area (Å²) in [6.45, 7) is 9.93. The van der Waals surface area contributed by atoms with Crippen molar-refractivity contribution in [2.45, 2.75) is 33.7 Å². The predicted molar refractivity (Wildman–Crippen MR) is 90.0 cm³/mol. The molecule has 132 valence electrons. The Kier molecular flexibility index (Phi) is 5.94. The van der Waals surface area contributed by atoms with Gasteiger partial charge in [0.2, 0.25) is 23.6 Å². The zero-order valence-corrected chi connectivity index (χ0v) is 14.7. The summed E-state index contributed by atoms with van der Waals surface area (Å²) in [5.41, 5.74) is 0.848. The van der Waals surface area contributed by atoms with Crippen molar-refractivity contribution in [3.05, 3.63) is 11.8 Å². The number of nitrogens with one attached hydrogen (secondary N) is 1. The average molecular weight is 335 g/mol. The van der Waals surface area contributed by atoms with Gasteiger partial charge in [0.25, 0.3) is 0 Å². The lowest BCUT2D eigenvalue weighted by Gasteiger charge is -2.36. The predicted octanol–water partition coefficient (Wildman–Crippen LogP) is 0.357. The van der Waals surface area contributed by atoms with Crippen LogP contribution in [0.5, 0.6) is 5.88 Å². The Morgan fingerprint density at radius 3 is 2.54 bits per heavy atom. The number of aryl methyl sites for hydroxylation is 1. The number of aromatic nitrogens is 2. The van der Waals surface area contributed by atoms with Gasteiger partial charge in [0, 0.05) is 44.9 Å². The molecular formula is C16H25N5O3. The van der Waals surface area contributed by atoms with Gasteiger partial charge in [-0.2, -0.15) is 4.98 Å². The van der Waals surface area contributed by atoms with Crippen LogP contribution in [0.4, 0.5) is 5.95 Å². The van der Waals surface area contributed by atoms with E-state index in [0.717, 1.165) is 5.69 Å². The summed E-state index contributed by atoms with van der Waals surface area (Å²) in [6.07, 6.45) is 0. The summed E-state index contributed by atoms with van der Waals surface area (Å²) in [7, 11) is 0. The fourth-order valence-corrected chi connectivity index (χ4v) is 2.66. The second-order valence-electron chi connectivity index (χ2n) is 5.82. The van der Waals surface area contributed by atoms with Gasteiger partial charge in [-0.1, -0.05) is 0 Å². The molecule has 2 amide bonds. The Hall–Kier alpha value is -2.38. The molecule has 1 aliphatic rings. The molecule has 1 fully saturated rings. The number of nitrogens with zero attached hydrogens (tertiary/aromatic N) is 4. The van der Waals surface area contributed by atoms with Crippen molar-refractivity contribution < 1.29 is 14.3 Å². The number of anilines is 1. The molecule has 1 N–H and O–H groups in total. The average Bonchev–Trinajstić information content (AvgIpc) is 2.53. The third-order valence-corrected chi connectivity index (χ3v) is 3.78. The van der Waals surface area contributed by atoms with Crippen LogP contribution < -0.4 is 15.0 Å². The monoisotopic (exact) mass is 335 g/mol. The number of amides is 2. The molecule has 8 nitrogen and oxygen atoms in total. The van der Waals surface area contributed by atoms with E-state index in [1.165, 1.54) is 6.92 Å². The molecule has 0 bridgehead atoms. The van der Waals surface area contributed by atoms with Gasteiger partial charge in [0.1, 0.15) is 6.04 Å². The molecule has 0 unspecified atom stereocenters. The summed E-state index contributed by atoms with van der Waals surface area (Å²) in [5.74, 6) is 0.925. The summed E-state index contributed by atoms with van der Waals surface area (Å²) < 4.78 is 5.46. The van der Waals surface area contributed by atoms with Crippen molar-refractivity contribution in [2.24, 2.45) is 0 Å². The van der Waals surface area contributed by atoms with E-state index < -0.39 is 6.04 Å². The van der Waals surface area contributed by atoms with Crippen molar-refractivity contribution in [1.29, 1.82) is 0 Å². The minimum absolute atomic E-state index is 0.0648. The van der Waals surface area contributed by atoms with Crippen LogP contribution in [0.15, 0.2) is 6.07 Å². The smallest absolute Gasteiger partial charge is 0.244 e. The Morgan fingerprint density at radius 2 is 1.96 bits per heavy atom. The van der Waals surface area contributed by atoms with Gasteiger partial charge in [0.05, 0.1) is 6.61 Å². The van der Waals surface area contributed by atoms with E-state index in [9.17, 15) is 9.59 Å². The van der Waals surface area contributed by atoms with E-state index in [0.29, 0.717) is 44.6 Å². The van der Waals surface area contributed by atoms with Crippen molar-refractivity contribution in [1.82, 2.24) is 20.2 Å². The molecule has 0 radical (unpaired) electrons. The first-order valence-electron chi connectivity index (χ1n) is 8.20. The zero-order chi connectivity index (χ0) is 17.7. The Bertz CT molecular complexity index is 599. The van der Waals surface area contributed by atoms with Crippen LogP contribution in [-0.4, -0.2) is 65.5 Å². The fraction of sp³-hybridized carbons (Fsp3) is 0.625. The Labute approximate surface area is 142 Å². The molecule has 1 atom stereocenters. The molecule has 24 heavy (non-hydrogen) atoms. The molecule has 0 aromatic carbocycles. The molecule has 1 aliphatic heterocycles. The lowest BCUT2D eigenvalue weighted by Crippen LogP contribution is -2.54. The van der Waals surface area contributed by atoms with E-state index in [-0.39, 0.29) is 11.8 Å². The maximum absolute atomic E-state index is 12.3. The van der Waals surface area contributed by atoms with Gasteiger partial charge >= 0.3 is 0 Å². The first-order valence-corrected chi connectivity index (χ1v) is 8.20. The molecule has 1 aromatic rings. The minimum Gasteiger partial charge on any atom is -0.478 e. The number of hydrogen-bond acceptors (Lipinski definition) is 6. The molecule has 1 aromatic heterocycles. The van der Waals surface area contributed by atoms with Gasteiger partial charge in [-0.05, 0) is 20.8 Å². The van der Waals surface area contributed by atoms with Crippen LogP contribution in [-0.2, 0) is 9.59 Å². The van der Waals surface area contributed by atoms with Crippen LogP contribution in [0.25, 0.3) is 0 Å². The molecule has 0 aliphatic carbocycles. The quantitative estimate of drug-likeness (QED) is 0.836. The highest BCUT2D eigenvalue weighted by molar-refractivity contribution is 5.86. The highest BCUT2D eigenvalue weighted by Gasteiger charge is 2.26. The molecule has 8 heteroatoms. The number of carbonyl (C=O) groups excluding carboxylic acids is 2. The van der Waals surface area contributed by atoms with Crippen LogP contribution in [0.1, 0.15) is 26.5 Å². The third kappa shape index (κ3) is 4.56. The summed E-state index contributed by atoms with van der Waals surface area (Å²) in [6, 6.07) is 1.30. The van der Waals surface area contributed by atoms with Gasteiger partial charge in [0.15, 0.2) is 0 Å². The number of rotatable bonds is 5.